The average molecular weight is 312 g/mol. The van der Waals surface area contributed by atoms with Crippen LogP contribution in [0.1, 0.15) is 17.2 Å². The number of nitrogens with one attached hydrogen (secondary N) is 1. The first kappa shape index (κ1) is 13.2. The van der Waals surface area contributed by atoms with Gasteiger partial charge < -0.3 is 5.32 Å². The van der Waals surface area contributed by atoms with Crippen molar-refractivity contribution in [3.05, 3.63) is 69.7 Å². The first-order chi connectivity index (χ1) is 8.63. The molecule has 0 amide bonds. The molecule has 1 atom stereocenters. The molecule has 0 heterocycles. The fourth-order valence-electron chi connectivity index (χ4n) is 1.90. The Kier molecular flexibility index (Phi) is 4.09. The van der Waals surface area contributed by atoms with Gasteiger partial charge in [0.2, 0.25) is 0 Å². The molecular formula is C14H12BrF2N. The van der Waals surface area contributed by atoms with E-state index in [0.29, 0.717) is 15.6 Å². The Morgan fingerprint density at radius 1 is 1.06 bits per heavy atom. The van der Waals surface area contributed by atoms with Gasteiger partial charge in [-0.2, -0.15) is 0 Å². The molecule has 0 aromatic heterocycles. The number of benzene rings is 2. The molecule has 0 aliphatic heterocycles. The first-order valence-electron chi connectivity index (χ1n) is 5.50. The summed E-state index contributed by atoms with van der Waals surface area (Å²) >= 11 is 3.10. The van der Waals surface area contributed by atoms with Gasteiger partial charge in [-0.1, -0.05) is 24.3 Å². The molecule has 2 rings (SSSR count). The van der Waals surface area contributed by atoms with Crippen LogP contribution in [0.15, 0.2) is 46.9 Å². The highest BCUT2D eigenvalue weighted by Crippen LogP contribution is 2.26. The smallest absolute Gasteiger partial charge is 0.137 e. The van der Waals surface area contributed by atoms with Crippen molar-refractivity contribution in [2.45, 2.75) is 6.04 Å². The molecule has 18 heavy (non-hydrogen) atoms. The predicted molar refractivity (Wildman–Crippen MR) is 71.4 cm³/mol. The van der Waals surface area contributed by atoms with Crippen molar-refractivity contribution < 1.29 is 8.78 Å². The third kappa shape index (κ3) is 2.60. The van der Waals surface area contributed by atoms with Crippen molar-refractivity contribution in [2.24, 2.45) is 0 Å². The maximum atomic E-state index is 13.7. The van der Waals surface area contributed by atoms with E-state index in [9.17, 15) is 8.78 Å². The Bertz CT molecular complexity index is 557. The predicted octanol–water partition coefficient (Wildman–Crippen LogP) is 4.04. The van der Waals surface area contributed by atoms with Crippen molar-refractivity contribution in [3.63, 3.8) is 0 Å². The van der Waals surface area contributed by atoms with Gasteiger partial charge in [0.1, 0.15) is 11.6 Å². The lowest BCUT2D eigenvalue weighted by atomic mass is 9.98. The summed E-state index contributed by atoms with van der Waals surface area (Å²) in [4.78, 5) is 0. The Morgan fingerprint density at radius 2 is 1.78 bits per heavy atom. The first-order valence-corrected chi connectivity index (χ1v) is 6.29. The van der Waals surface area contributed by atoms with E-state index >= 15 is 0 Å². The monoisotopic (exact) mass is 311 g/mol. The SMILES string of the molecule is CNC(c1ccc(Br)c(F)c1)c1ccccc1F. The summed E-state index contributed by atoms with van der Waals surface area (Å²) < 4.78 is 27.7. The van der Waals surface area contributed by atoms with Gasteiger partial charge in [-0.15, -0.1) is 0 Å². The second kappa shape index (κ2) is 5.59. The quantitative estimate of drug-likeness (QED) is 0.902. The number of hydrogen-bond acceptors (Lipinski definition) is 1. The maximum Gasteiger partial charge on any atom is 0.137 e. The maximum absolute atomic E-state index is 13.7. The highest BCUT2D eigenvalue weighted by molar-refractivity contribution is 9.10. The van der Waals surface area contributed by atoms with Crippen LogP contribution in [-0.2, 0) is 0 Å². The largest absolute Gasteiger partial charge is 0.309 e. The minimum atomic E-state index is -0.367. The van der Waals surface area contributed by atoms with Crippen LogP contribution in [0.4, 0.5) is 8.78 Å². The van der Waals surface area contributed by atoms with E-state index < -0.39 is 0 Å². The van der Waals surface area contributed by atoms with E-state index in [2.05, 4.69) is 21.2 Å². The third-order valence-electron chi connectivity index (χ3n) is 2.78. The third-order valence-corrected chi connectivity index (χ3v) is 3.43. The Hall–Kier alpha value is -1.26. The van der Waals surface area contributed by atoms with Gasteiger partial charge in [0.15, 0.2) is 0 Å². The van der Waals surface area contributed by atoms with E-state index in [1.54, 1.807) is 37.4 Å². The summed E-state index contributed by atoms with van der Waals surface area (Å²) in [5.41, 5.74) is 1.19. The van der Waals surface area contributed by atoms with E-state index in [0.717, 1.165) is 0 Å². The minimum absolute atomic E-state index is 0.305. The molecule has 94 valence electrons. The van der Waals surface area contributed by atoms with Gasteiger partial charge in [0.25, 0.3) is 0 Å². The topological polar surface area (TPSA) is 12.0 Å². The molecule has 4 heteroatoms. The van der Waals surface area contributed by atoms with Crippen LogP contribution in [0.3, 0.4) is 0 Å². The molecule has 0 saturated heterocycles. The van der Waals surface area contributed by atoms with Crippen LogP contribution in [-0.4, -0.2) is 7.05 Å². The van der Waals surface area contributed by atoms with Gasteiger partial charge in [-0.3, -0.25) is 0 Å². The highest BCUT2D eigenvalue weighted by atomic mass is 79.9. The van der Waals surface area contributed by atoms with Gasteiger partial charge in [0.05, 0.1) is 10.5 Å². The Balaban J connectivity index is 2.45. The van der Waals surface area contributed by atoms with Crippen molar-refractivity contribution in [3.8, 4) is 0 Å². The highest BCUT2D eigenvalue weighted by Gasteiger charge is 2.16. The molecule has 1 unspecified atom stereocenters. The van der Waals surface area contributed by atoms with E-state index in [1.807, 2.05) is 0 Å². The molecule has 0 spiro atoms. The molecule has 1 N–H and O–H groups in total. The zero-order valence-electron chi connectivity index (χ0n) is 9.75. The van der Waals surface area contributed by atoms with E-state index in [-0.39, 0.29) is 17.7 Å². The minimum Gasteiger partial charge on any atom is -0.309 e. The van der Waals surface area contributed by atoms with Crippen LogP contribution >= 0.6 is 15.9 Å². The summed E-state index contributed by atoms with van der Waals surface area (Å²) in [6.07, 6.45) is 0. The van der Waals surface area contributed by atoms with Crippen LogP contribution in [0.25, 0.3) is 0 Å². The second-order valence-electron chi connectivity index (χ2n) is 3.92. The van der Waals surface area contributed by atoms with Crippen LogP contribution < -0.4 is 5.32 Å². The van der Waals surface area contributed by atoms with Crippen molar-refractivity contribution in [1.82, 2.24) is 5.32 Å². The molecule has 0 saturated carbocycles. The lowest BCUT2D eigenvalue weighted by Crippen LogP contribution is -2.19. The van der Waals surface area contributed by atoms with E-state index in [1.165, 1.54) is 12.1 Å². The number of hydrogen-bond donors (Lipinski definition) is 1. The average Bonchev–Trinajstić information content (AvgIpc) is 2.37. The molecule has 0 bridgehead atoms. The number of halogens is 3. The normalized spacial score (nSPS) is 12.4. The zero-order chi connectivity index (χ0) is 13.1. The molecule has 1 nitrogen and oxygen atoms in total. The van der Waals surface area contributed by atoms with Crippen LogP contribution in [0.5, 0.6) is 0 Å². The summed E-state index contributed by atoms with van der Waals surface area (Å²) in [7, 11) is 1.72. The fourth-order valence-corrected chi connectivity index (χ4v) is 2.15. The summed E-state index contributed by atoms with van der Waals surface area (Å²) in [6, 6.07) is 10.9. The zero-order valence-corrected chi connectivity index (χ0v) is 11.3. The molecular weight excluding hydrogens is 300 g/mol. The number of rotatable bonds is 3. The van der Waals surface area contributed by atoms with Gasteiger partial charge >= 0.3 is 0 Å². The molecule has 2 aromatic carbocycles. The summed E-state index contributed by atoms with van der Waals surface area (Å²) in [6.45, 7) is 0. The lowest BCUT2D eigenvalue weighted by Gasteiger charge is -2.18. The molecule has 0 aliphatic rings. The van der Waals surface area contributed by atoms with Gasteiger partial charge in [-0.25, -0.2) is 8.78 Å². The van der Waals surface area contributed by atoms with Crippen LogP contribution in [0.2, 0.25) is 0 Å². The standard InChI is InChI=1S/C14H12BrF2N/c1-18-14(10-4-2-3-5-12(10)16)9-6-7-11(15)13(17)8-9/h2-8,14,18H,1H3. The molecule has 2 aromatic rings. The van der Waals surface area contributed by atoms with Crippen molar-refractivity contribution in [1.29, 1.82) is 0 Å². The van der Waals surface area contributed by atoms with Gasteiger partial charge in [-0.05, 0) is 46.7 Å². The van der Waals surface area contributed by atoms with Crippen molar-refractivity contribution in [2.75, 3.05) is 7.05 Å². The van der Waals surface area contributed by atoms with Gasteiger partial charge in [0, 0.05) is 5.56 Å². The van der Waals surface area contributed by atoms with E-state index in [4.69, 9.17) is 0 Å². The van der Waals surface area contributed by atoms with Crippen molar-refractivity contribution >= 4 is 15.9 Å². The molecule has 0 aliphatic carbocycles. The molecule has 0 fully saturated rings. The lowest BCUT2D eigenvalue weighted by molar-refractivity contribution is 0.570. The fraction of sp³-hybridized carbons (Fsp3) is 0.143. The summed E-state index contributed by atoms with van der Waals surface area (Å²) in [5, 5.41) is 3.00. The van der Waals surface area contributed by atoms with Crippen LogP contribution in [0, 0.1) is 11.6 Å². The summed E-state index contributed by atoms with van der Waals surface area (Å²) in [5.74, 6) is -0.663. The Labute approximate surface area is 113 Å². The Morgan fingerprint density at radius 3 is 2.39 bits per heavy atom. The molecule has 0 radical (unpaired) electrons. The second-order valence-corrected chi connectivity index (χ2v) is 4.77.